The Kier molecular flexibility index (Phi) is 7.94. The minimum absolute atomic E-state index is 0.396. The van der Waals surface area contributed by atoms with Gasteiger partial charge in [-0.3, -0.25) is 4.90 Å². The van der Waals surface area contributed by atoms with Crippen LogP contribution in [0.5, 0.6) is 0 Å². The second kappa shape index (κ2) is 9.71. The van der Waals surface area contributed by atoms with Crippen LogP contribution in [-0.4, -0.2) is 46.5 Å². The fraction of sp³-hybridized carbons (Fsp3) is 0.667. The number of rotatable bonds is 8. The van der Waals surface area contributed by atoms with Crippen LogP contribution in [0, 0.1) is 0 Å². The van der Waals surface area contributed by atoms with Crippen LogP contribution in [-0.2, 0) is 11.2 Å². The third-order valence-corrected chi connectivity index (χ3v) is 6.18. The predicted molar refractivity (Wildman–Crippen MR) is 98.0 cm³/mol. The average molecular weight is 339 g/mol. The van der Waals surface area contributed by atoms with Crippen LogP contribution in [0.3, 0.4) is 0 Å². The molecule has 1 heterocycles. The molecule has 1 saturated heterocycles. The fourth-order valence-corrected chi connectivity index (χ4v) is 4.54. The van der Waals surface area contributed by atoms with Crippen LogP contribution in [0.15, 0.2) is 18.2 Å². The number of hydrogen-bond donors (Lipinski definition) is 0. The maximum Gasteiger partial charge on any atom is 0.0795 e. The summed E-state index contributed by atoms with van der Waals surface area (Å²) in [6, 6.07) is 6.47. The van der Waals surface area contributed by atoms with Crippen LogP contribution in [0.2, 0.25) is 18.1 Å². The van der Waals surface area contributed by atoms with E-state index in [2.05, 4.69) is 30.1 Å². The third-order valence-electron chi connectivity index (χ3n) is 4.38. The van der Waals surface area contributed by atoms with Crippen molar-refractivity contribution in [3.05, 3.63) is 28.8 Å². The van der Waals surface area contributed by atoms with Crippen LogP contribution in [0.25, 0.3) is 0 Å². The molecule has 4 heteroatoms. The summed E-state index contributed by atoms with van der Waals surface area (Å²) in [4.78, 5) is 2.53. The summed E-state index contributed by atoms with van der Waals surface area (Å²) in [5.74, 6) is 0. The molecule has 0 aliphatic carbocycles. The number of benzene rings is 1. The van der Waals surface area contributed by atoms with Crippen molar-refractivity contribution in [2.75, 3.05) is 32.8 Å². The van der Waals surface area contributed by atoms with Crippen molar-refractivity contribution in [1.29, 1.82) is 0 Å². The molecule has 0 aromatic heterocycles. The number of ether oxygens (including phenoxy) is 1. The Bertz CT molecular complexity index is 447. The molecule has 0 unspecified atom stereocenters. The average Bonchev–Trinajstić information content (AvgIpc) is 2.51. The molecule has 0 bridgehead atoms. The number of aryl methyl sites for hydroxylation is 1. The molecule has 0 spiro atoms. The van der Waals surface area contributed by atoms with Gasteiger partial charge in [0.05, 0.1) is 22.0 Å². The Labute approximate surface area is 142 Å². The Balaban J connectivity index is 1.65. The molecule has 2 nitrogen and oxygen atoms in total. The molecule has 0 amide bonds. The summed E-state index contributed by atoms with van der Waals surface area (Å²) in [6.07, 6.45) is 6.45. The Morgan fingerprint density at radius 1 is 1.09 bits per heavy atom. The van der Waals surface area contributed by atoms with E-state index in [1.807, 2.05) is 6.07 Å². The van der Waals surface area contributed by atoms with Crippen LogP contribution in [0.4, 0.5) is 0 Å². The molecule has 123 valence electrons. The predicted octanol–water partition coefficient (Wildman–Crippen LogP) is 3.74. The third kappa shape index (κ3) is 6.03. The summed E-state index contributed by atoms with van der Waals surface area (Å²) >= 11 is 6.17. The summed E-state index contributed by atoms with van der Waals surface area (Å²) in [7, 11) is -0.396. The standard InChI is InChI=1S/C18H29ClNOSi/c1-22(2)18-9-8-17(19)15-16(18)7-5-3-4-6-10-20-11-13-21-14-12-20/h8-9,15H,3-7,10-14H2,1-2H3. The zero-order valence-electron chi connectivity index (χ0n) is 14.0. The van der Waals surface area contributed by atoms with Gasteiger partial charge < -0.3 is 4.74 Å². The first-order valence-corrected chi connectivity index (χ1v) is 11.4. The highest BCUT2D eigenvalue weighted by Crippen LogP contribution is 2.14. The molecule has 0 atom stereocenters. The van der Waals surface area contributed by atoms with Crippen molar-refractivity contribution in [2.24, 2.45) is 0 Å². The topological polar surface area (TPSA) is 12.5 Å². The first-order chi connectivity index (χ1) is 10.7. The van der Waals surface area contributed by atoms with Gasteiger partial charge in [0.2, 0.25) is 0 Å². The maximum absolute atomic E-state index is 6.17. The molecule has 1 radical (unpaired) electrons. The van der Waals surface area contributed by atoms with E-state index in [4.69, 9.17) is 16.3 Å². The van der Waals surface area contributed by atoms with Gasteiger partial charge in [0.15, 0.2) is 0 Å². The van der Waals surface area contributed by atoms with Crippen molar-refractivity contribution >= 4 is 25.6 Å². The first kappa shape index (κ1) is 18.0. The van der Waals surface area contributed by atoms with E-state index in [0.29, 0.717) is 0 Å². The number of halogens is 1. The maximum atomic E-state index is 6.17. The van der Waals surface area contributed by atoms with Crippen LogP contribution >= 0.6 is 11.6 Å². The number of nitrogens with zero attached hydrogens (tertiary/aromatic N) is 1. The molecule has 2 rings (SSSR count). The van der Waals surface area contributed by atoms with E-state index in [1.165, 1.54) is 44.2 Å². The monoisotopic (exact) mass is 338 g/mol. The molecule has 1 aromatic rings. The van der Waals surface area contributed by atoms with Crippen LogP contribution in [0.1, 0.15) is 31.2 Å². The van der Waals surface area contributed by atoms with Gasteiger partial charge in [-0.05, 0) is 43.5 Å². The summed E-state index contributed by atoms with van der Waals surface area (Å²) in [5, 5.41) is 2.44. The largest absolute Gasteiger partial charge is 0.379 e. The highest BCUT2D eigenvalue weighted by atomic mass is 35.5. The molecule has 0 N–H and O–H groups in total. The minimum atomic E-state index is -0.396. The summed E-state index contributed by atoms with van der Waals surface area (Å²) < 4.78 is 5.38. The molecular formula is C18H29ClNOSi. The van der Waals surface area contributed by atoms with Gasteiger partial charge in [0.25, 0.3) is 0 Å². The summed E-state index contributed by atoms with van der Waals surface area (Å²) in [5.41, 5.74) is 1.49. The zero-order valence-corrected chi connectivity index (χ0v) is 15.8. The lowest BCUT2D eigenvalue weighted by Crippen LogP contribution is -2.36. The molecule has 1 aromatic carbocycles. The van der Waals surface area contributed by atoms with Crippen LogP contribution < -0.4 is 5.19 Å². The lowest BCUT2D eigenvalue weighted by atomic mass is 10.1. The number of morpholine rings is 1. The van der Waals surface area contributed by atoms with Crippen molar-refractivity contribution < 1.29 is 4.74 Å². The minimum Gasteiger partial charge on any atom is -0.379 e. The normalized spacial score (nSPS) is 16.4. The SMILES string of the molecule is C[Si](C)c1ccc(Cl)cc1CCCCCCN1CCOCC1. The second-order valence-electron chi connectivity index (χ2n) is 6.42. The highest BCUT2D eigenvalue weighted by molar-refractivity contribution is 6.71. The lowest BCUT2D eigenvalue weighted by molar-refractivity contribution is 0.0371. The zero-order chi connectivity index (χ0) is 15.8. The van der Waals surface area contributed by atoms with E-state index in [-0.39, 0.29) is 0 Å². The van der Waals surface area contributed by atoms with Gasteiger partial charge in [-0.2, -0.15) is 0 Å². The fourth-order valence-electron chi connectivity index (χ4n) is 3.09. The smallest absolute Gasteiger partial charge is 0.0795 e. The van der Waals surface area contributed by atoms with Crippen molar-refractivity contribution in [2.45, 2.75) is 45.2 Å². The quantitative estimate of drug-likeness (QED) is 0.529. The Hall–Kier alpha value is -0.353. The molecule has 1 aliphatic rings. The van der Waals surface area contributed by atoms with Gasteiger partial charge in [0.1, 0.15) is 0 Å². The Morgan fingerprint density at radius 3 is 2.55 bits per heavy atom. The highest BCUT2D eigenvalue weighted by Gasteiger charge is 2.10. The summed E-state index contributed by atoms with van der Waals surface area (Å²) in [6.45, 7) is 10.0. The second-order valence-corrected chi connectivity index (χ2v) is 9.39. The number of hydrogen-bond acceptors (Lipinski definition) is 2. The van der Waals surface area contributed by atoms with E-state index >= 15 is 0 Å². The van der Waals surface area contributed by atoms with E-state index in [0.717, 1.165) is 31.3 Å². The lowest BCUT2D eigenvalue weighted by Gasteiger charge is -2.26. The molecule has 1 aliphatic heterocycles. The van der Waals surface area contributed by atoms with Gasteiger partial charge in [-0.15, -0.1) is 0 Å². The number of unbranched alkanes of at least 4 members (excludes halogenated alkanes) is 3. The van der Waals surface area contributed by atoms with Gasteiger partial charge in [-0.25, -0.2) is 0 Å². The molecule has 1 fully saturated rings. The molecule has 0 saturated carbocycles. The first-order valence-electron chi connectivity index (χ1n) is 8.56. The van der Waals surface area contributed by atoms with Gasteiger partial charge in [-0.1, -0.05) is 48.8 Å². The van der Waals surface area contributed by atoms with E-state index in [9.17, 15) is 0 Å². The van der Waals surface area contributed by atoms with Crippen molar-refractivity contribution in [3.8, 4) is 0 Å². The van der Waals surface area contributed by atoms with Gasteiger partial charge in [0, 0.05) is 18.1 Å². The Morgan fingerprint density at radius 2 is 1.82 bits per heavy atom. The van der Waals surface area contributed by atoms with E-state index < -0.39 is 8.80 Å². The van der Waals surface area contributed by atoms with Crippen molar-refractivity contribution in [1.82, 2.24) is 4.90 Å². The molecule has 22 heavy (non-hydrogen) atoms. The van der Waals surface area contributed by atoms with Crippen molar-refractivity contribution in [3.63, 3.8) is 0 Å². The van der Waals surface area contributed by atoms with E-state index in [1.54, 1.807) is 5.19 Å². The van der Waals surface area contributed by atoms with Gasteiger partial charge >= 0.3 is 0 Å². The molecular weight excluding hydrogens is 310 g/mol.